The second-order valence-electron chi connectivity index (χ2n) is 9.95. The maximum absolute atomic E-state index is 13.3. The lowest BCUT2D eigenvalue weighted by Crippen LogP contribution is -2.45. The Morgan fingerprint density at radius 1 is 1.13 bits per heavy atom. The van der Waals surface area contributed by atoms with E-state index in [1.165, 1.54) is 11.3 Å². The number of hydrogen-bond donors (Lipinski definition) is 2. The van der Waals surface area contributed by atoms with Crippen molar-refractivity contribution >= 4 is 56.0 Å². The number of pyridine rings is 1. The van der Waals surface area contributed by atoms with Crippen molar-refractivity contribution in [3.63, 3.8) is 0 Å². The number of hydrogen-bond acceptors (Lipinski definition) is 10. The number of thiazole rings is 2. The van der Waals surface area contributed by atoms with Gasteiger partial charge in [0.1, 0.15) is 16.5 Å². The molecule has 1 amide bonds. The normalized spacial score (nSPS) is 18.4. The van der Waals surface area contributed by atoms with Gasteiger partial charge in [0.05, 0.1) is 34.5 Å². The highest BCUT2D eigenvalue weighted by molar-refractivity contribution is 7.16. The second-order valence-corrected chi connectivity index (χ2v) is 11.7. The Labute approximate surface area is 229 Å². The van der Waals surface area contributed by atoms with E-state index in [1.807, 2.05) is 40.2 Å². The zero-order valence-corrected chi connectivity index (χ0v) is 23.1. The van der Waals surface area contributed by atoms with Gasteiger partial charge in [-0.1, -0.05) is 0 Å². The van der Waals surface area contributed by atoms with Gasteiger partial charge in [0, 0.05) is 67.3 Å². The van der Waals surface area contributed by atoms with Gasteiger partial charge >= 0.3 is 0 Å². The highest BCUT2D eigenvalue weighted by atomic mass is 32.1. The molecule has 1 atom stereocenters. The number of nitrogens with one attached hydrogen (secondary N) is 2. The van der Waals surface area contributed by atoms with Crippen molar-refractivity contribution in [1.29, 1.82) is 0 Å². The average Bonchev–Trinajstić information content (AvgIpc) is 3.69. The number of morpholine rings is 1. The number of anilines is 3. The highest BCUT2D eigenvalue weighted by Crippen LogP contribution is 2.34. The Balaban J connectivity index is 1.19. The van der Waals surface area contributed by atoms with Gasteiger partial charge in [-0.15, -0.1) is 22.7 Å². The summed E-state index contributed by atoms with van der Waals surface area (Å²) in [5.74, 6) is 0.742. The molecule has 4 aromatic rings. The van der Waals surface area contributed by atoms with Crippen LogP contribution in [-0.4, -0.2) is 82.1 Å². The molecule has 3 aromatic heterocycles. The van der Waals surface area contributed by atoms with Gasteiger partial charge in [-0.2, -0.15) is 0 Å². The third kappa shape index (κ3) is 5.37. The predicted octanol–water partition coefficient (Wildman–Crippen LogP) is 4.93. The number of carbonyl (C=O) groups excluding carboxylic acids is 1. The van der Waals surface area contributed by atoms with Crippen LogP contribution in [0.15, 0.2) is 41.4 Å². The summed E-state index contributed by atoms with van der Waals surface area (Å²) >= 11 is 3.10. The highest BCUT2D eigenvalue weighted by Gasteiger charge is 2.32. The topological polar surface area (TPSA) is 95.5 Å². The molecule has 2 aliphatic rings. The third-order valence-electron chi connectivity index (χ3n) is 6.92. The molecule has 9 nitrogen and oxygen atoms in total. The summed E-state index contributed by atoms with van der Waals surface area (Å²) in [4.78, 5) is 31.5. The van der Waals surface area contributed by atoms with Gasteiger partial charge in [-0.05, 0) is 38.5 Å². The zero-order chi connectivity index (χ0) is 26.1. The molecule has 2 fully saturated rings. The van der Waals surface area contributed by atoms with Gasteiger partial charge in [0.2, 0.25) is 0 Å². The molecule has 2 aliphatic heterocycles. The van der Waals surface area contributed by atoms with Crippen molar-refractivity contribution in [3.8, 4) is 10.6 Å². The fourth-order valence-corrected chi connectivity index (χ4v) is 6.56. The first-order valence-electron chi connectivity index (χ1n) is 13.0. The van der Waals surface area contributed by atoms with Crippen molar-refractivity contribution in [3.05, 3.63) is 47.0 Å². The van der Waals surface area contributed by atoms with E-state index in [9.17, 15) is 4.79 Å². The molecule has 2 N–H and O–H groups in total. The Morgan fingerprint density at radius 2 is 2.00 bits per heavy atom. The van der Waals surface area contributed by atoms with Crippen LogP contribution >= 0.6 is 22.7 Å². The van der Waals surface area contributed by atoms with Crippen LogP contribution in [0, 0.1) is 0 Å². The lowest BCUT2D eigenvalue weighted by molar-refractivity contribution is 0.0185. The van der Waals surface area contributed by atoms with E-state index < -0.39 is 0 Å². The summed E-state index contributed by atoms with van der Waals surface area (Å²) in [6.07, 6.45) is 2.83. The largest absolute Gasteiger partial charge is 0.382 e. The number of nitrogens with zero attached hydrogens (tertiary/aromatic N) is 5. The molecular formula is C27H31N7O2S2. The Kier molecular flexibility index (Phi) is 7.24. The number of ether oxygens (including phenoxy) is 1. The monoisotopic (exact) mass is 549 g/mol. The van der Waals surface area contributed by atoms with E-state index in [1.54, 1.807) is 11.3 Å². The van der Waals surface area contributed by atoms with Gasteiger partial charge in [0.15, 0.2) is 0 Å². The van der Waals surface area contributed by atoms with E-state index in [2.05, 4.69) is 45.4 Å². The molecule has 1 aromatic carbocycles. The number of rotatable bonds is 7. The number of likely N-dealkylation sites (tertiary alicyclic amines) is 1. The quantitative estimate of drug-likeness (QED) is 0.335. The SMILES string of the molecule is CC(C)Nc1cc(Nc2ccc3ncsc3c2)ncc1-c1nc(C(=O)N2CCC(N3CCOCC3)C2)cs1. The molecule has 0 radical (unpaired) electrons. The Hall–Kier alpha value is -3.12. The van der Waals surface area contributed by atoms with Crippen LogP contribution in [0.4, 0.5) is 17.2 Å². The van der Waals surface area contributed by atoms with Crippen molar-refractivity contribution in [2.24, 2.45) is 0 Å². The smallest absolute Gasteiger partial charge is 0.273 e. The van der Waals surface area contributed by atoms with Crippen LogP contribution in [0.1, 0.15) is 30.8 Å². The Morgan fingerprint density at radius 3 is 2.84 bits per heavy atom. The molecule has 0 saturated carbocycles. The zero-order valence-electron chi connectivity index (χ0n) is 21.5. The second kappa shape index (κ2) is 10.9. The minimum atomic E-state index is 0.00586. The van der Waals surface area contributed by atoms with Crippen LogP contribution in [0.3, 0.4) is 0 Å². The lowest BCUT2D eigenvalue weighted by Gasteiger charge is -2.31. The molecule has 6 rings (SSSR count). The van der Waals surface area contributed by atoms with Gasteiger partial charge in [-0.3, -0.25) is 9.69 Å². The van der Waals surface area contributed by atoms with Crippen molar-refractivity contribution in [2.45, 2.75) is 32.4 Å². The molecular weight excluding hydrogens is 518 g/mol. The van der Waals surface area contributed by atoms with Crippen LogP contribution in [0.2, 0.25) is 0 Å². The predicted molar refractivity (Wildman–Crippen MR) is 154 cm³/mol. The first-order valence-corrected chi connectivity index (χ1v) is 14.7. The van der Waals surface area contributed by atoms with E-state index in [0.29, 0.717) is 11.7 Å². The first-order chi connectivity index (χ1) is 18.5. The number of amides is 1. The summed E-state index contributed by atoms with van der Waals surface area (Å²) in [6, 6.07) is 8.73. The minimum absolute atomic E-state index is 0.00586. The molecule has 0 spiro atoms. The molecule has 38 heavy (non-hydrogen) atoms. The van der Waals surface area contributed by atoms with Crippen molar-refractivity contribution in [2.75, 3.05) is 50.0 Å². The summed E-state index contributed by atoms with van der Waals surface area (Å²) in [5.41, 5.74) is 6.12. The molecule has 0 bridgehead atoms. The van der Waals surface area contributed by atoms with Gasteiger partial charge < -0.3 is 20.3 Å². The van der Waals surface area contributed by atoms with E-state index in [-0.39, 0.29) is 11.9 Å². The average molecular weight is 550 g/mol. The molecule has 2 saturated heterocycles. The third-order valence-corrected chi connectivity index (χ3v) is 8.59. The van der Waals surface area contributed by atoms with Crippen LogP contribution in [0.5, 0.6) is 0 Å². The molecule has 11 heteroatoms. The molecule has 198 valence electrons. The fourth-order valence-electron chi connectivity index (χ4n) is 5.03. The molecule has 0 aliphatic carbocycles. The summed E-state index contributed by atoms with van der Waals surface area (Å²) in [7, 11) is 0. The summed E-state index contributed by atoms with van der Waals surface area (Å²) < 4.78 is 6.61. The first kappa shape index (κ1) is 25.2. The standard InChI is InChI=1S/C27H31N7O2S2/c1-17(2)30-22-12-25(31-18-3-4-21-24(11-18)38-16-29-21)28-13-20(22)26-32-23(15-37-26)27(35)34-6-5-19(14-34)33-7-9-36-10-8-33/h3-4,11-13,15-17,19H,5-10,14H2,1-2H3,(H2,28,30,31). The fraction of sp³-hybridized carbons (Fsp3) is 0.407. The number of aromatic nitrogens is 3. The van der Waals surface area contributed by atoms with Crippen molar-refractivity contribution in [1.82, 2.24) is 24.8 Å². The van der Waals surface area contributed by atoms with E-state index >= 15 is 0 Å². The molecule has 1 unspecified atom stereocenters. The van der Waals surface area contributed by atoms with E-state index in [4.69, 9.17) is 9.72 Å². The maximum atomic E-state index is 13.3. The van der Waals surface area contributed by atoms with Crippen LogP contribution < -0.4 is 10.6 Å². The number of carbonyl (C=O) groups is 1. The molecule has 5 heterocycles. The van der Waals surface area contributed by atoms with Crippen molar-refractivity contribution < 1.29 is 9.53 Å². The number of fused-ring (bicyclic) bond motifs is 1. The summed E-state index contributed by atoms with van der Waals surface area (Å²) in [5, 5.41) is 9.59. The minimum Gasteiger partial charge on any atom is -0.382 e. The maximum Gasteiger partial charge on any atom is 0.273 e. The Bertz CT molecular complexity index is 1430. The van der Waals surface area contributed by atoms with Gasteiger partial charge in [-0.25, -0.2) is 15.0 Å². The van der Waals surface area contributed by atoms with Crippen LogP contribution in [-0.2, 0) is 4.74 Å². The summed E-state index contributed by atoms with van der Waals surface area (Å²) in [6.45, 7) is 9.15. The number of benzene rings is 1. The van der Waals surface area contributed by atoms with Gasteiger partial charge in [0.25, 0.3) is 5.91 Å². The van der Waals surface area contributed by atoms with Crippen LogP contribution in [0.25, 0.3) is 20.8 Å². The lowest BCUT2D eigenvalue weighted by atomic mass is 10.2. The van der Waals surface area contributed by atoms with E-state index in [0.717, 1.165) is 83.8 Å².